The summed E-state index contributed by atoms with van der Waals surface area (Å²) in [6.07, 6.45) is -0.159. The van der Waals surface area contributed by atoms with Crippen molar-refractivity contribution in [3.8, 4) is 5.75 Å². The zero-order valence-electron chi connectivity index (χ0n) is 18.4. The zero-order valence-corrected chi connectivity index (χ0v) is 19.1. The first-order valence-corrected chi connectivity index (χ1v) is 11.1. The Bertz CT molecular complexity index is 1240. The summed E-state index contributed by atoms with van der Waals surface area (Å²) >= 11 is 6.56. The van der Waals surface area contributed by atoms with Crippen molar-refractivity contribution in [3.63, 3.8) is 0 Å². The van der Waals surface area contributed by atoms with Crippen molar-refractivity contribution in [2.24, 2.45) is 5.10 Å². The standard InChI is InChI=1S/C25H24ClN3O4/c1-3-33-18-8-9-20-17(12-18)13-19(25(26)27-20)22-14-21(16-6-4-15(2)5-7-16)28-29(22)23(30)10-11-24(31)32/h4-9,12-13,22H,3,10-11,14H2,1-2H3,(H,31,32)/p-1. The molecule has 4 rings (SSSR count). The molecule has 1 amide bonds. The van der Waals surface area contributed by atoms with Crippen LogP contribution in [0.25, 0.3) is 10.9 Å². The first-order valence-electron chi connectivity index (χ1n) is 10.7. The van der Waals surface area contributed by atoms with Gasteiger partial charge in [-0.3, -0.25) is 4.79 Å². The van der Waals surface area contributed by atoms with Crippen molar-refractivity contribution in [2.75, 3.05) is 6.61 Å². The van der Waals surface area contributed by atoms with E-state index in [0.717, 1.165) is 22.2 Å². The van der Waals surface area contributed by atoms with Crippen LogP contribution in [-0.4, -0.2) is 34.2 Å². The number of nitrogens with zero attached hydrogens (tertiary/aromatic N) is 3. The third-order valence-electron chi connectivity index (χ3n) is 5.53. The number of pyridine rings is 1. The molecule has 7 nitrogen and oxygen atoms in total. The van der Waals surface area contributed by atoms with Gasteiger partial charge >= 0.3 is 0 Å². The van der Waals surface area contributed by atoms with Crippen LogP contribution >= 0.6 is 11.6 Å². The summed E-state index contributed by atoms with van der Waals surface area (Å²) in [5, 5.41) is 17.9. The Hall–Kier alpha value is -3.45. The van der Waals surface area contributed by atoms with E-state index in [9.17, 15) is 14.7 Å². The maximum absolute atomic E-state index is 12.9. The van der Waals surface area contributed by atoms with Crippen LogP contribution in [-0.2, 0) is 9.59 Å². The molecule has 1 aliphatic heterocycles. The van der Waals surface area contributed by atoms with Gasteiger partial charge in [0.25, 0.3) is 0 Å². The largest absolute Gasteiger partial charge is 0.550 e. The Morgan fingerprint density at radius 1 is 1.15 bits per heavy atom. The molecule has 0 saturated heterocycles. The van der Waals surface area contributed by atoms with Gasteiger partial charge in [-0.2, -0.15) is 5.10 Å². The molecule has 0 spiro atoms. The van der Waals surface area contributed by atoms with Crippen molar-refractivity contribution >= 4 is 40.1 Å². The Morgan fingerprint density at radius 2 is 1.91 bits per heavy atom. The summed E-state index contributed by atoms with van der Waals surface area (Å²) in [6, 6.07) is 14.8. The number of aromatic nitrogens is 1. The van der Waals surface area contributed by atoms with E-state index in [1.807, 2.05) is 62.4 Å². The number of halogens is 1. The topological polar surface area (TPSA) is 94.9 Å². The molecule has 1 atom stereocenters. The van der Waals surface area contributed by atoms with E-state index in [1.165, 1.54) is 5.01 Å². The minimum atomic E-state index is -1.28. The second-order valence-corrected chi connectivity index (χ2v) is 8.26. The lowest BCUT2D eigenvalue weighted by Gasteiger charge is -2.23. The predicted octanol–water partition coefficient (Wildman–Crippen LogP) is 3.80. The molecule has 8 heteroatoms. The summed E-state index contributed by atoms with van der Waals surface area (Å²) in [5.41, 5.74) is 4.08. The fraction of sp³-hybridized carbons (Fsp3) is 0.280. The molecular formula is C25H23ClN3O4-. The molecule has 2 heterocycles. The van der Waals surface area contributed by atoms with Gasteiger partial charge in [-0.1, -0.05) is 41.4 Å². The second-order valence-electron chi connectivity index (χ2n) is 7.90. The number of rotatable bonds is 7. The van der Waals surface area contributed by atoms with Gasteiger partial charge in [-0.05, 0) is 50.1 Å². The molecular weight excluding hydrogens is 442 g/mol. The van der Waals surface area contributed by atoms with Crippen molar-refractivity contribution in [1.82, 2.24) is 9.99 Å². The first-order chi connectivity index (χ1) is 15.9. The molecule has 2 aromatic carbocycles. The van der Waals surface area contributed by atoms with Crippen molar-refractivity contribution < 1.29 is 19.4 Å². The van der Waals surface area contributed by atoms with Crippen LogP contribution in [0.5, 0.6) is 5.75 Å². The SMILES string of the molecule is CCOc1ccc2nc(Cl)c(C3CC(c4ccc(C)cc4)=NN3C(=O)CCC(=O)[O-])cc2c1. The number of fused-ring (bicyclic) bond motifs is 1. The number of benzene rings is 2. The van der Waals surface area contributed by atoms with Crippen LogP contribution in [0.15, 0.2) is 53.6 Å². The van der Waals surface area contributed by atoms with E-state index < -0.39 is 17.9 Å². The molecule has 0 aliphatic carbocycles. The third kappa shape index (κ3) is 4.98. The number of aliphatic carboxylic acids is 1. The van der Waals surface area contributed by atoms with Crippen LogP contribution in [0.3, 0.4) is 0 Å². The maximum atomic E-state index is 12.9. The van der Waals surface area contributed by atoms with Crippen LogP contribution in [0, 0.1) is 6.92 Å². The number of carbonyl (C=O) groups excluding carboxylic acids is 2. The molecule has 3 aromatic rings. The third-order valence-corrected chi connectivity index (χ3v) is 5.83. The van der Waals surface area contributed by atoms with Gasteiger partial charge in [0.05, 0.1) is 23.9 Å². The highest BCUT2D eigenvalue weighted by Crippen LogP contribution is 2.38. The molecule has 0 N–H and O–H groups in total. The summed E-state index contributed by atoms with van der Waals surface area (Å²) in [5.74, 6) is -0.980. The fourth-order valence-corrected chi connectivity index (χ4v) is 4.14. The molecule has 1 aromatic heterocycles. The molecule has 0 fully saturated rings. The molecule has 0 saturated carbocycles. The number of amides is 1. The van der Waals surface area contributed by atoms with Gasteiger partial charge < -0.3 is 14.6 Å². The molecule has 0 radical (unpaired) electrons. The lowest BCUT2D eigenvalue weighted by atomic mass is 9.97. The molecule has 33 heavy (non-hydrogen) atoms. The Morgan fingerprint density at radius 3 is 2.61 bits per heavy atom. The Balaban J connectivity index is 1.73. The lowest BCUT2D eigenvalue weighted by Crippen LogP contribution is -2.30. The number of ether oxygens (including phenoxy) is 1. The van der Waals surface area contributed by atoms with Gasteiger partial charge in [0.1, 0.15) is 10.9 Å². The lowest BCUT2D eigenvalue weighted by molar-refractivity contribution is -0.305. The molecule has 1 aliphatic rings. The molecule has 170 valence electrons. The minimum absolute atomic E-state index is 0.212. The number of carboxylic acids is 1. The highest BCUT2D eigenvalue weighted by Gasteiger charge is 2.34. The summed E-state index contributed by atoms with van der Waals surface area (Å²) in [4.78, 5) is 28.4. The highest BCUT2D eigenvalue weighted by atomic mass is 35.5. The van der Waals surface area contributed by atoms with Crippen LogP contribution in [0.2, 0.25) is 5.15 Å². The van der Waals surface area contributed by atoms with E-state index in [0.29, 0.717) is 29.9 Å². The average Bonchev–Trinajstić information content (AvgIpc) is 3.23. The van der Waals surface area contributed by atoms with E-state index in [2.05, 4.69) is 10.1 Å². The number of aryl methyl sites for hydroxylation is 1. The average molecular weight is 465 g/mol. The van der Waals surface area contributed by atoms with Crippen molar-refractivity contribution in [1.29, 1.82) is 0 Å². The van der Waals surface area contributed by atoms with E-state index in [1.54, 1.807) is 0 Å². The van der Waals surface area contributed by atoms with Crippen molar-refractivity contribution in [2.45, 2.75) is 39.2 Å². The van der Waals surface area contributed by atoms with Gasteiger partial charge in [-0.15, -0.1) is 0 Å². The van der Waals surface area contributed by atoms with Crippen molar-refractivity contribution in [3.05, 3.63) is 70.4 Å². The normalized spacial score (nSPS) is 15.5. The monoisotopic (exact) mass is 464 g/mol. The van der Waals surface area contributed by atoms with Gasteiger partial charge in [0.2, 0.25) is 5.91 Å². The number of carboxylic acid groups (broad SMARTS) is 1. The highest BCUT2D eigenvalue weighted by molar-refractivity contribution is 6.30. The second kappa shape index (κ2) is 9.58. The van der Waals surface area contributed by atoms with Crippen LogP contribution < -0.4 is 9.84 Å². The van der Waals surface area contributed by atoms with Crippen LogP contribution in [0.4, 0.5) is 0 Å². The van der Waals surface area contributed by atoms with E-state index >= 15 is 0 Å². The number of carbonyl (C=O) groups is 2. The minimum Gasteiger partial charge on any atom is -0.550 e. The Labute approximate surface area is 196 Å². The molecule has 1 unspecified atom stereocenters. The van der Waals surface area contributed by atoms with Gasteiger partial charge in [0.15, 0.2) is 0 Å². The molecule has 0 bridgehead atoms. The maximum Gasteiger partial charge on any atom is 0.243 e. The number of hydrogen-bond donors (Lipinski definition) is 0. The summed E-state index contributed by atoms with van der Waals surface area (Å²) < 4.78 is 5.60. The number of hydrazone groups is 1. The van der Waals surface area contributed by atoms with Gasteiger partial charge in [-0.25, -0.2) is 9.99 Å². The Kier molecular flexibility index (Phi) is 6.60. The van der Waals surface area contributed by atoms with Gasteiger partial charge in [0, 0.05) is 29.8 Å². The zero-order chi connectivity index (χ0) is 23.5. The predicted molar refractivity (Wildman–Crippen MR) is 124 cm³/mol. The van der Waals surface area contributed by atoms with Crippen LogP contribution in [0.1, 0.15) is 48.9 Å². The van der Waals surface area contributed by atoms with E-state index in [-0.39, 0.29) is 18.0 Å². The fourth-order valence-electron chi connectivity index (χ4n) is 3.86. The number of hydrogen-bond acceptors (Lipinski definition) is 6. The summed E-state index contributed by atoms with van der Waals surface area (Å²) in [7, 11) is 0. The first kappa shape index (κ1) is 22.7. The summed E-state index contributed by atoms with van der Waals surface area (Å²) in [6.45, 7) is 4.45. The quantitative estimate of drug-likeness (QED) is 0.495. The van der Waals surface area contributed by atoms with E-state index in [4.69, 9.17) is 16.3 Å². The smallest absolute Gasteiger partial charge is 0.243 e.